The Balaban J connectivity index is 2.63. The fraction of sp³-hybridized carbons (Fsp3) is 0.545. The number of hydrogen-bond donors (Lipinski definition) is 1. The van der Waals surface area contributed by atoms with Crippen molar-refractivity contribution in [2.45, 2.75) is 33.4 Å². The van der Waals surface area contributed by atoms with Gasteiger partial charge in [-0.2, -0.15) is 0 Å². The lowest BCUT2D eigenvalue weighted by Gasteiger charge is -2.24. The minimum atomic E-state index is 0.223. The minimum Gasteiger partial charge on any atom is -0.506 e. The standard InChI is InChI=1S/C11H18N2O/c1-4-13(9(2)3)8-10-5-6-11(14)7-12-10/h5-7,9,14H,4,8H2,1-3H3. The Kier molecular flexibility index (Phi) is 3.89. The first-order valence-corrected chi connectivity index (χ1v) is 5.01. The predicted molar refractivity (Wildman–Crippen MR) is 57.1 cm³/mol. The Morgan fingerprint density at radius 1 is 1.43 bits per heavy atom. The van der Waals surface area contributed by atoms with Gasteiger partial charge in [-0.05, 0) is 32.5 Å². The van der Waals surface area contributed by atoms with Crippen molar-refractivity contribution in [3.63, 3.8) is 0 Å². The third-order valence-corrected chi connectivity index (χ3v) is 2.31. The Bertz CT molecular complexity index is 269. The Labute approximate surface area is 85.4 Å². The molecule has 0 radical (unpaired) electrons. The van der Waals surface area contributed by atoms with Crippen molar-refractivity contribution in [3.8, 4) is 5.75 Å². The number of nitrogens with zero attached hydrogens (tertiary/aromatic N) is 2. The van der Waals surface area contributed by atoms with E-state index in [0.29, 0.717) is 6.04 Å². The van der Waals surface area contributed by atoms with Crippen LogP contribution in [0, 0.1) is 0 Å². The van der Waals surface area contributed by atoms with Crippen LogP contribution in [0.4, 0.5) is 0 Å². The normalized spacial score (nSPS) is 11.2. The molecule has 0 atom stereocenters. The lowest BCUT2D eigenvalue weighted by Crippen LogP contribution is -2.30. The first kappa shape index (κ1) is 11.0. The summed E-state index contributed by atoms with van der Waals surface area (Å²) in [4.78, 5) is 6.48. The summed E-state index contributed by atoms with van der Waals surface area (Å²) in [6, 6.07) is 4.06. The molecule has 1 N–H and O–H groups in total. The summed E-state index contributed by atoms with van der Waals surface area (Å²) in [7, 11) is 0. The molecule has 0 aliphatic rings. The molecular weight excluding hydrogens is 176 g/mol. The largest absolute Gasteiger partial charge is 0.506 e. The average molecular weight is 194 g/mol. The van der Waals surface area contributed by atoms with E-state index in [9.17, 15) is 0 Å². The van der Waals surface area contributed by atoms with Crippen LogP contribution in [-0.2, 0) is 6.54 Å². The molecule has 0 aliphatic carbocycles. The molecule has 1 rings (SSSR count). The zero-order valence-corrected chi connectivity index (χ0v) is 9.07. The summed E-state index contributed by atoms with van der Waals surface area (Å²) in [6.45, 7) is 8.34. The molecule has 1 heterocycles. The second-order valence-corrected chi connectivity index (χ2v) is 3.66. The number of aromatic nitrogens is 1. The van der Waals surface area contributed by atoms with E-state index in [-0.39, 0.29) is 5.75 Å². The monoisotopic (exact) mass is 194 g/mol. The molecule has 14 heavy (non-hydrogen) atoms. The molecule has 0 aromatic carbocycles. The molecule has 0 aliphatic heterocycles. The Morgan fingerprint density at radius 2 is 2.14 bits per heavy atom. The van der Waals surface area contributed by atoms with Crippen LogP contribution in [0.25, 0.3) is 0 Å². The molecule has 1 aromatic heterocycles. The molecule has 0 spiro atoms. The molecule has 3 heteroatoms. The predicted octanol–water partition coefficient (Wildman–Crippen LogP) is 2.02. The van der Waals surface area contributed by atoms with Crippen LogP contribution in [0.1, 0.15) is 26.5 Å². The SMILES string of the molecule is CCN(Cc1ccc(O)cn1)C(C)C. The summed E-state index contributed by atoms with van der Waals surface area (Å²) in [5.74, 6) is 0.223. The van der Waals surface area contributed by atoms with Gasteiger partial charge in [-0.3, -0.25) is 9.88 Å². The highest BCUT2D eigenvalue weighted by molar-refractivity contribution is 5.17. The highest BCUT2D eigenvalue weighted by Crippen LogP contribution is 2.09. The lowest BCUT2D eigenvalue weighted by molar-refractivity contribution is 0.222. The van der Waals surface area contributed by atoms with Crippen molar-refractivity contribution in [2.24, 2.45) is 0 Å². The maximum absolute atomic E-state index is 9.08. The number of aromatic hydroxyl groups is 1. The van der Waals surface area contributed by atoms with Gasteiger partial charge in [0.15, 0.2) is 0 Å². The van der Waals surface area contributed by atoms with Gasteiger partial charge in [-0.15, -0.1) is 0 Å². The highest BCUT2D eigenvalue weighted by Gasteiger charge is 2.07. The zero-order chi connectivity index (χ0) is 10.6. The van der Waals surface area contributed by atoms with Gasteiger partial charge < -0.3 is 5.11 Å². The second kappa shape index (κ2) is 4.96. The van der Waals surface area contributed by atoms with Gasteiger partial charge in [0.05, 0.1) is 11.9 Å². The van der Waals surface area contributed by atoms with Crippen molar-refractivity contribution in [1.82, 2.24) is 9.88 Å². The summed E-state index contributed by atoms with van der Waals surface area (Å²) >= 11 is 0. The molecule has 78 valence electrons. The Hall–Kier alpha value is -1.09. The topological polar surface area (TPSA) is 36.4 Å². The molecule has 3 nitrogen and oxygen atoms in total. The van der Waals surface area contributed by atoms with E-state index in [0.717, 1.165) is 18.8 Å². The quantitative estimate of drug-likeness (QED) is 0.796. The van der Waals surface area contributed by atoms with E-state index in [1.165, 1.54) is 6.20 Å². The summed E-state index contributed by atoms with van der Waals surface area (Å²) in [6.07, 6.45) is 1.49. The molecule has 0 unspecified atom stereocenters. The van der Waals surface area contributed by atoms with Crippen molar-refractivity contribution in [3.05, 3.63) is 24.0 Å². The molecule has 1 aromatic rings. The van der Waals surface area contributed by atoms with Gasteiger partial charge >= 0.3 is 0 Å². The first-order chi connectivity index (χ1) is 6.63. The maximum Gasteiger partial charge on any atom is 0.133 e. The van der Waals surface area contributed by atoms with Crippen molar-refractivity contribution in [2.75, 3.05) is 6.54 Å². The number of pyridine rings is 1. The summed E-state index contributed by atoms with van der Waals surface area (Å²) in [5.41, 5.74) is 0.998. The van der Waals surface area contributed by atoms with E-state index in [2.05, 4.69) is 30.7 Å². The average Bonchev–Trinajstić information content (AvgIpc) is 2.16. The zero-order valence-electron chi connectivity index (χ0n) is 9.07. The molecule has 0 amide bonds. The van der Waals surface area contributed by atoms with Gasteiger partial charge in [0.1, 0.15) is 5.75 Å². The first-order valence-electron chi connectivity index (χ1n) is 5.01. The van der Waals surface area contributed by atoms with Crippen LogP contribution < -0.4 is 0 Å². The highest BCUT2D eigenvalue weighted by atomic mass is 16.3. The number of rotatable bonds is 4. The minimum absolute atomic E-state index is 0.223. The molecule has 0 saturated carbocycles. The van der Waals surface area contributed by atoms with Crippen LogP contribution in [0.5, 0.6) is 5.75 Å². The van der Waals surface area contributed by atoms with Crippen LogP contribution in [0.15, 0.2) is 18.3 Å². The van der Waals surface area contributed by atoms with Gasteiger partial charge in [0.25, 0.3) is 0 Å². The molecule has 0 bridgehead atoms. The van der Waals surface area contributed by atoms with Crippen molar-refractivity contribution >= 4 is 0 Å². The molecule has 0 fully saturated rings. The number of hydrogen-bond acceptors (Lipinski definition) is 3. The van der Waals surface area contributed by atoms with E-state index in [1.807, 2.05) is 6.07 Å². The fourth-order valence-corrected chi connectivity index (χ4v) is 1.38. The maximum atomic E-state index is 9.08. The van der Waals surface area contributed by atoms with E-state index >= 15 is 0 Å². The van der Waals surface area contributed by atoms with Crippen LogP contribution >= 0.6 is 0 Å². The van der Waals surface area contributed by atoms with Gasteiger partial charge in [-0.25, -0.2) is 0 Å². The van der Waals surface area contributed by atoms with Crippen LogP contribution in [-0.4, -0.2) is 27.6 Å². The van der Waals surface area contributed by atoms with Gasteiger partial charge in [-0.1, -0.05) is 6.92 Å². The van der Waals surface area contributed by atoms with Crippen LogP contribution in [0.2, 0.25) is 0 Å². The van der Waals surface area contributed by atoms with E-state index in [4.69, 9.17) is 5.11 Å². The molecule has 0 saturated heterocycles. The van der Waals surface area contributed by atoms with Crippen LogP contribution in [0.3, 0.4) is 0 Å². The molecular formula is C11H18N2O. The second-order valence-electron chi connectivity index (χ2n) is 3.66. The smallest absolute Gasteiger partial charge is 0.133 e. The van der Waals surface area contributed by atoms with Crippen molar-refractivity contribution in [1.29, 1.82) is 0 Å². The third-order valence-electron chi connectivity index (χ3n) is 2.31. The summed E-state index contributed by atoms with van der Waals surface area (Å²) in [5, 5.41) is 9.08. The summed E-state index contributed by atoms with van der Waals surface area (Å²) < 4.78 is 0. The van der Waals surface area contributed by atoms with E-state index in [1.54, 1.807) is 6.07 Å². The third kappa shape index (κ3) is 3.00. The lowest BCUT2D eigenvalue weighted by atomic mass is 10.2. The van der Waals surface area contributed by atoms with Crippen molar-refractivity contribution < 1.29 is 5.11 Å². The van der Waals surface area contributed by atoms with E-state index < -0.39 is 0 Å². The van der Waals surface area contributed by atoms with Gasteiger partial charge in [0, 0.05) is 12.6 Å². The fourth-order valence-electron chi connectivity index (χ4n) is 1.38. The van der Waals surface area contributed by atoms with Gasteiger partial charge in [0.2, 0.25) is 0 Å². The Morgan fingerprint density at radius 3 is 2.57 bits per heavy atom.